The first-order valence-electron chi connectivity index (χ1n) is 8.89. The van der Waals surface area contributed by atoms with E-state index in [1.807, 2.05) is 24.3 Å². The first-order chi connectivity index (χ1) is 11.3. The van der Waals surface area contributed by atoms with E-state index >= 15 is 0 Å². The smallest absolute Gasteiger partial charge is 0.474 e. The fourth-order valence-corrected chi connectivity index (χ4v) is 3.04. The molecule has 3 rings (SSSR count). The number of nitrogens with zero attached hydrogens (tertiary/aromatic N) is 1. The van der Waals surface area contributed by atoms with Gasteiger partial charge in [0.25, 0.3) is 0 Å². The molecule has 2 aliphatic rings. The number of nitrogens with one attached hydrogen (secondary N) is 1. The van der Waals surface area contributed by atoms with E-state index in [0.29, 0.717) is 0 Å². The molecule has 132 valence electrons. The van der Waals surface area contributed by atoms with Crippen LogP contribution in [-0.4, -0.2) is 55.6 Å². The molecule has 1 unspecified atom stereocenters. The topological polar surface area (TPSA) is 43.0 Å². The molecule has 2 saturated heterocycles. The van der Waals surface area contributed by atoms with Crippen molar-refractivity contribution in [3.8, 4) is 5.75 Å². The Bertz CT molecular complexity index is 546. The minimum absolute atomic E-state index is 0.0893. The summed E-state index contributed by atoms with van der Waals surface area (Å²) in [6, 6.07) is 8.07. The lowest BCUT2D eigenvalue weighted by Crippen LogP contribution is -2.53. The summed E-state index contributed by atoms with van der Waals surface area (Å²) >= 11 is 0. The lowest BCUT2D eigenvalue weighted by molar-refractivity contribution is 0.00578. The van der Waals surface area contributed by atoms with Gasteiger partial charge in [-0.05, 0) is 51.8 Å². The summed E-state index contributed by atoms with van der Waals surface area (Å²) in [6.07, 6.45) is 0.0893. The van der Waals surface area contributed by atoms with Crippen LogP contribution in [-0.2, 0) is 9.31 Å². The molecule has 0 aliphatic carbocycles. The monoisotopic (exact) mass is 332 g/mol. The van der Waals surface area contributed by atoms with Crippen LogP contribution in [0.15, 0.2) is 24.3 Å². The Balaban J connectivity index is 1.66. The van der Waals surface area contributed by atoms with Crippen LogP contribution < -0.4 is 15.5 Å². The first kappa shape index (κ1) is 17.7. The van der Waals surface area contributed by atoms with E-state index in [2.05, 4.69) is 44.8 Å². The van der Waals surface area contributed by atoms with Gasteiger partial charge in [0, 0.05) is 19.6 Å². The highest BCUT2D eigenvalue weighted by atomic mass is 16.7. The van der Waals surface area contributed by atoms with Crippen molar-refractivity contribution in [2.45, 2.75) is 52.0 Å². The average molecular weight is 332 g/mol. The Labute approximate surface area is 145 Å². The van der Waals surface area contributed by atoms with Gasteiger partial charge in [0.05, 0.1) is 11.2 Å². The van der Waals surface area contributed by atoms with Crippen LogP contribution in [0.2, 0.25) is 0 Å². The van der Waals surface area contributed by atoms with Crippen LogP contribution in [0.3, 0.4) is 0 Å². The highest BCUT2D eigenvalue weighted by Crippen LogP contribution is 2.36. The number of benzene rings is 1. The molecular weight excluding hydrogens is 303 g/mol. The third-order valence-electron chi connectivity index (χ3n) is 5.39. The predicted molar refractivity (Wildman–Crippen MR) is 96.7 cm³/mol. The second kappa shape index (κ2) is 6.67. The van der Waals surface area contributed by atoms with Gasteiger partial charge in [0.2, 0.25) is 0 Å². The molecule has 1 aromatic carbocycles. The second-order valence-electron chi connectivity index (χ2n) is 7.56. The summed E-state index contributed by atoms with van der Waals surface area (Å²) in [7, 11) is -0.326. The largest absolute Gasteiger partial charge is 0.494 e. The Morgan fingerprint density at radius 3 is 2.38 bits per heavy atom. The van der Waals surface area contributed by atoms with Crippen molar-refractivity contribution in [3.05, 3.63) is 24.3 Å². The van der Waals surface area contributed by atoms with Crippen molar-refractivity contribution >= 4 is 12.6 Å². The third kappa shape index (κ3) is 3.47. The molecule has 0 aromatic heterocycles. The molecule has 5 nitrogen and oxygen atoms in total. The highest BCUT2D eigenvalue weighted by molar-refractivity contribution is 6.62. The van der Waals surface area contributed by atoms with Crippen molar-refractivity contribution in [2.24, 2.45) is 0 Å². The maximum Gasteiger partial charge on any atom is 0.494 e. The van der Waals surface area contributed by atoms with Crippen molar-refractivity contribution in [2.75, 3.05) is 26.2 Å². The predicted octanol–water partition coefficient (Wildman–Crippen LogP) is 1.62. The van der Waals surface area contributed by atoms with Crippen LogP contribution >= 0.6 is 0 Å². The zero-order valence-electron chi connectivity index (χ0n) is 15.5. The van der Waals surface area contributed by atoms with Crippen LogP contribution in [0.1, 0.15) is 34.6 Å². The lowest BCUT2D eigenvalue weighted by Gasteiger charge is -2.35. The van der Waals surface area contributed by atoms with Gasteiger partial charge < -0.3 is 19.4 Å². The van der Waals surface area contributed by atoms with Crippen molar-refractivity contribution < 1.29 is 14.0 Å². The van der Waals surface area contributed by atoms with E-state index < -0.39 is 0 Å². The summed E-state index contributed by atoms with van der Waals surface area (Å²) in [5.74, 6) is 0.877. The van der Waals surface area contributed by atoms with Crippen molar-refractivity contribution in [3.63, 3.8) is 0 Å². The van der Waals surface area contributed by atoms with Crippen LogP contribution in [0, 0.1) is 0 Å². The van der Waals surface area contributed by atoms with Crippen LogP contribution in [0.5, 0.6) is 5.75 Å². The van der Waals surface area contributed by atoms with Gasteiger partial charge in [0.15, 0.2) is 6.23 Å². The maximum absolute atomic E-state index is 6.14. The number of hydrogen-bond donors (Lipinski definition) is 1. The van der Waals surface area contributed by atoms with Gasteiger partial charge in [0.1, 0.15) is 5.75 Å². The van der Waals surface area contributed by atoms with E-state index in [9.17, 15) is 0 Å². The Morgan fingerprint density at radius 2 is 1.79 bits per heavy atom. The maximum atomic E-state index is 6.14. The van der Waals surface area contributed by atoms with E-state index in [0.717, 1.165) is 37.4 Å². The molecule has 2 aliphatic heterocycles. The van der Waals surface area contributed by atoms with Gasteiger partial charge in [-0.3, -0.25) is 4.90 Å². The molecule has 2 heterocycles. The standard InChI is InChI=1S/C18H29BN2O3/c1-6-21-12-11-20-13-16(21)22-15-9-7-14(8-10-15)19-23-17(2,3)18(4,5)24-19/h7-10,16,20H,6,11-13H2,1-5H3. The number of ether oxygens (including phenoxy) is 1. The summed E-state index contributed by atoms with van der Waals surface area (Å²) in [5, 5.41) is 3.39. The fourth-order valence-electron chi connectivity index (χ4n) is 3.04. The zero-order chi connectivity index (χ0) is 17.4. The Morgan fingerprint density at radius 1 is 1.17 bits per heavy atom. The number of piperazine rings is 1. The molecule has 0 bridgehead atoms. The molecule has 1 N–H and O–H groups in total. The van der Waals surface area contributed by atoms with Crippen molar-refractivity contribution in [1.29, 1.82) is 0 Å². The Kier molecular flexibility index (Phi) is 4.93. The van der Waals surface area contributed by atoms with Gasteiger partial charge in [-0.15, -0.1) is 0 Å². The average Bonchev–Trinajstić information content (AvgIpc) is 2.77. The normalized spacial score (nSPS) is 26.5. The molecule has 1 aromatic rings. The summed E-state index contributed by atoms with van der Waals surface area (Å²) in [5.41, 5.74) is 0.389. The third-order valence-corrected chi connectivity index (χ3v) is 5.39. The molecule has 6 heteroatoms. The molecule has 1 atom stereocenters. The molecule has 0 spiro atoms. The van der Waals surface area contributed by atoms with Gasteiger partial charge in [-0.1, -0.05) is 19.1 Å². The molecule has 0 saturated carbocycles. The SMILES string of the molecule is CCN1CCNCC1Oc1ccc(B2OC(C)(C)C(C)(C)O2)cc1. The highest BCUT2D eigenvalue weighted by Gasteiger charge is 2.51. The molecule has 0 radical (unpaired) electrons. The summed E-state index contributed by atoms with van der Waals surface area (Å²) < 4.78 is 18.3. The second-order valence-corrected chi connectivity index (χ2v) is 7.56. The van der Waals surface area contributed by atoms with E-state index in [1.165, 1.54) is 0 Å². The minimum Gasteiger partial charge on any atom is -0.474 e. The van der Waals surface area contributed by atoms with E-state index in [4.69, 9.17) is 14.0 Å². The van der Waals surface area contributed by atoms with E-state index in [-0.39, 0.29) is 24.5 Å². The van der Waals surface area contributed by atoms with Crippen LogP contribution in [0.25, 0.3) is 0 Å². The van der Waals surface area contributed by atoms with Gasteiger partial charge in [-0.25, -0.2) is 0 Å². The summed E-state index contributed by atoms with van der Waals surface area (Å²) in [6.45, 7) is 14.3. The quantitative estimate of drug-likeness (QED) is 0.849. The lowest BCUT2D eigenvalue weighted by atomic mass is 9.79. The fraction of sp³-hybridized carbons (Fsp3) is 0.667. The summed E-state index contributed by atoms with van der Waals surface area (Å²) in [4.78, 5) is 2.35. The molecular formula is C18H29BN2O3. The van der Waals surface area contributed by atoms with Gasteiger partial charge >= 0.3 is 7.12 Å². The van der Waals surface area contributed by atoms with E-state index in [1.54, 1.807) is 0 Å². The number of hydrogen-bond acceptors (Lipinski definition) is 5. The van der Waals surface area contributed by atoms with Crippen molar-refractivity contribution in [1.82, 2.24) is 10.2 Å². The number of likely N-dealkylation sites (N-methyl/N-ethyl adjacent to an activating group) is 1. The first-order valence-corrected chi connectivity index (χ1v) is 8.89. The van der Waals surface area contributed by atoms with Crippen LogP contribution in [0.4, 0.5) is 0 Å². The minimum atomic E-state index is -0.326. The molecule has 0 amide bonds. The molecule has 2 fully saturated rings. The number of rotatable bonds is 4. The Hall–Kier alpha value is -1.08. The zero-order valence-corrected chi connectivity index (χ0v) is 15.5. The molecule has 24 heavy (non-hydrogen) atoms. The van der Waals surface area contributed by atoms with Gasteiger partial charge in [-0.2, -0.15) is 0 Å².